The summed E-state index contributed by atoms with van der Waals surface area (Å²) in [4.78, 5) is 0. The molecule has 1 saturated carbocycles. The molecule has 1 aromatic heterocycles. The van der Waals surface area contributed by atoms with Crippen LogP contribution in [0.3, 0.4) is 0 Å². The van der Waals surface area contributed by atoms with E-state index in [4.69, 9.17) is 4.74 Å². The van der Waals surface area contributed by atoms with E-state index in [1.165, 1.54) is 0 Å². The van der Waals surface area contributed by atoms with E-state index in [2.05, 4.69) is 10.4 Å². The molecule has 20 heavy (non-hydrogen) atoms. The summed E-state index contributed by atoms with van der Waals surface area (Å²) in [6.45, 7) is 3.17. The van der Waals surface area contributed by atoms with Crippen molar-refractivity contribution in [2.45, 2.75) is 38.8 Å². The van der Waals surface area contributed by atoms with Crippen LogP contribution in [0.1, 0.15) is 31.4 Å². The average molecular weight is 283 g/mol. The molecule has 4 nitrogen and oxygen atoms in total. The van der Waals surface area contributed by atoms with Gasteiger partial charge in [0, 0.05) is 13.1 Å². The lowest BCUT2D eigenvalue weighted by Crippen LogP contribution is -2.28. The Balaban J connectivity index is 1.53. The zero-order valence-corrected chi connectivity index (χ0v) is 11.4. The van der Waals surface area contributed by atoms with Crippen molar-refractivity contribution in [1.29, 1.82) is 0 Å². The van der Waals surface area contributed by atoms with Gasteiger partial charge in [-0.05, 0) is 37.2 Å². The molecule has 6 heteroatoms. The van der Waals surface area contributed by atoms with Gasteiger partial charge >= 0.3 is 0 Å². The van der Waals surface area contributed by atoms with Gasteiger partial charge in [-0.2, -0.15) is 13.9 Å². The Morgan fingerprint density at radius 3 is 2.95 bits per heavy atom. The average Bonchev–Trinajstić information content (AvgIpc) is 2.89. The molecule has 1 aromatic rings. The SMILES string of the molecule is FC(F)=C1CCC(COc2cnn3c2CNCC3)CC1. The highest BCUT2D eigenvalue weighted by Crippen LogP contribution is 2.32. The minimum atomic E-state index is -1.49. The molecule has 0 bridgehead atoms. The summed E-state index contributed by atoms with van der Waals surface area (Å²) < 4.78 is 32.8. The van der Waals surface area contributed by atoms with Gasteiger partial charge in [0.15, 0.2) is 5.75 Å². The molecular formula is C14H19F2N3O. The second-order valence-electron chi connectivity index (χ2n) is 5.47. The van der Waals surface area contributed by atoms with Gasteiger partial charge in [0.2, 0.25) is 0 Å². The summed E-state index contributed by atoms with van der Waals surface area (Å²) in [7, 11) is 0. The number of hydrogen-bond acceptors (Lipinski definition) is 3. The molecule has 0 radical (unpaired) electrons. The molecule has 2 aliphatic rings. The van der Waals surface area contributed by atoms with E-state index in [1.807, 2.05) is 4.68 Å². The Morgan fingerprint density at radius 2 is 2.20 bits per heavy atom. The highest BCUT2D eigenvalue weighted by Gasteiger charge is 2.21. The third-order valence-corrected chi connectivity index (χ3v) is 4.15. The minimum absolute atomic E-state index is 0.327. The maximum absolute atomic E-state index is 12.5. The van der Waals surface area contributed by atoms with Crippen LogP contribution in [-0.4, -0.2) is 22.9 Å². The van der Waals surface area contributed by atoms with E-state index in [9.17, 15) is 8.78 Å². The molecule has 1 aliphatic heterocycles. The molecular weight excluding hydrogens is 264 g/mol. The highest BCUT2D eigenvalue weighted by atomic mass is 19.3. The van der Waals surface area contributed by atoms with Crippen molar-refractivity contribution in [1.82, 2.24) is 15.1 Å². The summed E-state index contributed by atoms with van der Waals surface area (Å²) in [5.74, 6) is 1.19. The van der Waals surface area contributed by atoms with Crippen LogP contribution in [0, 0.1) is 5.92 Å². The monoisotopic (exact) mass is 283 g/mol. The van der Waals surface area contributed by atoms with Gasteiger partial charge < -0.3 is 10.1 Å². The molecule has 1 fully saturated rings. The van der Waals surface area contributed by atoms with Gasteiger partial charge in [-0.3, -0.25) is 4.68 Å². The minimum Gasteiger partial charge on any atom is -0.490 e. The normalized spacial score (nSPS) is 22.5. The number of fused-ring (bicyclic) bond motifs is 1. The predicted octanol–water partition coefficient (Wildman–Crippen LogP) is 2.71. The second kappa shape index (κ2) is 5.91. The first-order valence-electron chi connectivity index (χ1n) is 7.15. The zero-order valence-electron chi connectivity index (χ0n) is 11.4. The standard InChI is InChI=1S/C14H19F2N3O/c15-14(16)11-3-1-10(2-4-11)9-20-13-8-18-19-6-5-17-7-12(13)19/h8,10,17H,1-7,9H2. The second-order valence-corrected chi connectivity index (χ2v) is 5.47. The molecule has 0 unspecified atom stereocenters. The van der Waals surface area contributed by atoms with Crippen LogP contribution >= 0.6 is 0 Å². The van der Waals surface area contributed by atoms with Crippen molar-refractivity contribution >= 4 is 0 Å². The van der Waals surface area contributed by atoms with Gasteiger partial charge in [-0.1, -0.05) is 0 Å². The largest absolute Gasteiger partial charge is 0.490 e. The van der Waals surface area contributed by atoms with Crippen molar-refractivity contribution in [3.63, 3.8) is 0 Å². The number of halogens is 2. The van der Waals surface area contributed by atoms with Crippen LogP contribution in [0.2, 0.25) is 0 Å². The lowest BCUT2D eigenvalue weighted by Gasteiger charge is -2.23. The molecule has 1 aliphatic carbocycles. The van der Waals surface area contributed by atoms with E-state index >= 15 is 0 Å². The first kappa shape index (κ1) is 13.5. The molecule has 110 valence electrons. The van der Waals surface area contributed by atoms with Crippen LogP contribution in [-0.2, 0) is 13.1 Å². The molecule has 0 spiro atoms. The maximum atomic E-state index is 12.5. The first-order chi connectivity index (χ1) is 9.74. The third kappa shape index (κ3) is 2.85. The van der Waals surface area contributed by atoms with E-state index in [-0.39, 0.29) is 0 Å². The molecule has 0 amide bonds. The zero-order chi connectivity index (χ0) is 13.9. The summed E-state index contributed by atoms with van der Waals surface area (Å²) in [6.07, 6.45) is 2.86. The van der Waals surface area contributed by atoms with Crippen molar-refractivity contribution in [3.05, 3.63) is 23.5 Å². The van der Waals surface area contributed by atoms with Gasteiger partial charge in [-0.25, -0.2) is 0 Å². The molecule has 0 saturated heterocycles. The number of nitrogens with one attached hydrogen (secondary N) is 1. The maximum Gasteiger partial charge on any atom is 0.269 e. The van der Waals surface area contributed by atoms with E-state index < -0.39 is 6.08 Å². The van der Waals surface area contributed by atoms with Crippen LogP contribution in [0.15, 0.2) is 17.9 Å². The fraction of sp³-hybridized carbons (Fsp3) is 0.643. The molecule has 1 N–H and O–H groups in total. The van der Waals surface area contributed by atoms with Gasteiger partial charge in [0.25, 0.3) is 6.08 Å². The van der Waals surface area contributed by atoms with E-state index in [0.29, 0.717) is 30.9 Å². The van der Waals surface area contributed by atoms with Crippen LogP contribution in [0.4, 0.5) is 8.78 Å². The first-order valence-corrected chi connectivity index (χ1v) is 7.15. The lowest BCUT2D eigenvalue weighted by atomic mass is 9.87. The smallest absolute Gasteiger partial charge is 0.269 e. The fourth-order valence-electron chi connectivity index (χ4n) is 2.87. The van der Waals surface area contributed by atoms with Crippen molar-refractivity contribution in [2.24, 2.45) is 5.92 Å². The summed E-state index contributed by atoms with van der Waals surface area (Å²) >= 11 is 0. The number of aromatic nitrogens is 2. The number of rotatable bonds is 3. The predicted molar refractivity (Wildman–Crippen MR) is 70.6 cm³/mol. The van der Waals surface area contributed by atoms with Crippen molar-refractivity contribution in [2.75, 3.05) is 13.2 Å². The Morgan fingerprint density at radius 1 is 1.40 bits per heavy atom. The van der Waals surface area contributed by atoms with Gasteiger partial charge in [0.05, 0.1) is 25.0 Å². The molecule has 2 heterocycles. The van der Waals surface area contributed by atoms with Gasteiger partial charge in [0.1, 0.15) is 0 Å². The van der Waals surface area contributed by atoms with E-state index in [0.717, 1.165) is 43.9 Å². The number of nitrogens with zero attached hydrogens (tertiary/aromatic N) is 2. The Hall–Kier alpha value is -1.43. The van der Waals surface area contributed by atoms with Crippen molar-refractivity contribution < 1.29 is 13.5 Å². The molecule has 0 aromatic carbocycles. The topological polar surface area (TPSA) is 39.1 Å². The lowest BCUT2D eigenvalue weighted by molar-refractivity contribution is 0.215. The van der Waals surface area contributed by atoms with Crippen LogP contribution in [0.5, 0.6) is 5.75 Å². The highest BCUT2D eigenvalue weighted by molar-refractivity contribution is 5.26. The Bertz CT molecular complexity index is 499. The summed E-state index contributed by atoms with van der Waals surface area (Å²) in [6, 6.07) is 0. The van der Waals surface area contributed by atoms with Gasteiger partial charge in [-0.15, -0.1) is 0 Å². The number of hydrogen-bond donors (Lipinski definition) is 1. The summed E-state index contributed by atoms with van der Waals surface area (Å²) in [5.41, 5.74) is 1.41. The Labute approximate surface area is 116 Å². The Kier molecular flexibility index (Phi) is 4.00. The van der Waals surface area contributed by atoms with Crippen LogP contribution < -0.4 is 10.1 Å². The molecule has 0 atom stereocenters. The number of ether oxygens (including phenoxy) is 1. The summed E-state index contributed by atoms with van der Waals surface area (Å²) in [5, 5.41) is 7.59. The quantitative estimate of drug-likeness (QED) is 0.927. The fourth-order valence-corrected chi connectivity index (χ4v) is 2.87. The molecule has 3 rings (SSSR count). The number of allylic oxidation sites excluding steroid dienone is 1. The van der Waals surface area contributed by atoms with Crippen molar-refractivity contribution in [3.8, 4) is 5.75 Å². The van der Waals surface area contributed by atoms with E-state index in [1.54, 1.807) is 6.20 Å². The van der Waals surface area contributed by atoms with Crippen LogP contribution in [0.25, 0.3) is 0 Å². The third-order valence-electron chi connectivity index (χ3n) is 4.15.